The Labute approximate surface area is 105 Å². The van der Waals surface area contributed by atoms with E-state index in [1.54, 1.807) is 0 Å². The van der Waals surface area contributed by atoms with Gasteiger partial charge in [-0.3, -0.25) is 0 Å². The smallest absolute Gasteiger partial charge is 0.249 e. The third-order valence-corrected chi connectivity index (χ3v) is 2.22. The molecule has 0 rings (SSSR count). The van der Waals surface area contributed by atoms with E-state index in [9.17, 15) is 10.1 Å². The minimum atomic E-state index is -1.08. The quantitative estimate of drug-likeness (QED) is 0.324. The van der Waals surface area contributed by atoms with E-state index in [-0.39, 0.29) is 0 Å². The highest BCUT2D eigenvalue weighted by Crippen LogP contribution is 2.12. The average Bonchev–Trinajstić information content (AvgIpc) is 2.24. The van der Waals surface area contributed by atoms with Crippen molar-refractivity contribution in [3.05, 3.63) is 22.5 Å². The number of rotatable bonds is 6. The molecule has 0 radical (unpaired) electrons. The first kappa shape index (κ1) is 16.0. The fraction of sp³-hybridized carbons (Fsp3) is 0.600. The van der Waals surface area contributed by atoms with Crippen LogP contribution in [0.4, 0.5) is 0 Å². The van der Waals surface area contributed by atoms with Crippen LogP contribution in [0.25, 0.3) is 0 Å². The zero-order valence-electron chi connectivity index (χ0n) is 10.8. The number of hydrogen-bond acceptors (Lipinski definition) is 7. The van der Waals surface area contributed by atoms with Gasteiger partial charge in [0.2, 0.25) is 11.7 Å². The van der Waals surface area contributed by atoms with Crippen molar-refractivity contribution >= 4 is 12.4 Å². The lowest BCUT2D eigenvalue weighted by Crippen LogP contribution is -2.38. The molecule has 18 heavy (non-hydrogen) atoms. The summed E-state index contributed by atoms with van der Waals surface area (Å²) in [5, 5.41) is 34.4. The minimum absolute atomic E-state index is 0.462. The molecule has 0 saturated heterocycles. The second-order valence-corrected chi connectivity index (χ2v) is 4.75. The standard InChI is InChI=1S/C10H18N4O4/c1-9(2,7-11-15)13(17)5-6-14(18)10(3,4)8-12-16/h5-8,15-16H,1-4H3. The number of oxime groups is 2. The van der Waals surface area contributed by atoms with Crippen molar-refractivity contribution in [1.29, 1.82) is 0 Å². The van der Waals surface area contributed by atoms with Gasteiger partial charge in [0.05, 0.1) is 18.0 Å². The highest BCUT2D eigenvalue weighted by molar-refractivity contribution is 5.68. The maximum Gasteiger partial charge on any atom is 0.249 e. The van der Waals surface area contributed by atoms with Crippen LogP contribution in [0.1, 0.15) is 27.7 Å². The summed E-state index contributed by atoms with van der Waals surface area (Å²) in [6, 6.07) is 0. The number of nitrogens with zero attached hydrogens (tertiary/aromatic N) is 4. The fourth-order valence-corrected chi connectivity index (χ4v) is 0.902. The lowest BCUT2D eigenvalue weighted by Gasteiger charge is -2.39. The van der Waals surface area contributed by atoms with Crippen LogP contribution in [0.3, 0.4) is 0 Å². The Kier molecular flexibility index (Phi) is 5.44. The monoisotopic (exact) mass is 258 g/mol. The molecular formula is C10H18N4O4. The Hall–Kier alpha value is -1.96. The molecule has 0 spiro atoms. The van der Waals surface area contributed by atoms with Gasteiger partial charge in [0, 0.05) is 23.5 Å². The zero-order valence-corrected chi connectivity index (χ0v) is 10.8. The Morgan fingerprint density at radius 2 is 1.67 bits per heavy atom. The molecule has 0 aromatic heterocycles. The van der Waals surface area contributed by atoms with Crippen LogP contribution in [0.5, 0.6) is 0 Å². The molecule has 0 aromatic rings. The molecule has 0 fully saturated rings. The van der Waals surface area contributed by atoms with Gasteiger partial charge >= 0.3 is 0 Å². The van der Waals surface area contributed by atoms with E-state index in [0.29, 0.717) is 9.82 Å². The van der Waals surface area contributed by atoms with E-state index >= 15 is 0 Å². The molecule has 0 unspecified atom stereocenters. The van der Waals surface area contributed by atoms with Crippen molar-refractivity contribution in [2.24, 2.45) is 10.3 Å². The van der Waals surface area contributed by atoms with Crippen LogP contribution in [-0.2, 0) is 0 Å². The summed E-state index contributed by atoms with van der Waals surface area (Å²) >= 11 is 0. The maximum absolute atomic E-state index is 11.6. The Bertz CT molecular complexity index is 374. The van der Waals surface area contributed by atoms with Crippen molar-refractivity contribution < 1.29 is 15.2 Å². The number of hydroxylamine groups is 2. The summed E-state index contributed by atoms with van der Waals surface area (Å²) in [6.07, 6.45) is 4.09. The molecular weight excluding hydrogens is 240 g/mol. The van der Waals surface area contributed by atoms with E-state index in [2.05, 4.69) is 10.3 Å². The molecule has 8 nitrogen and oxygen atoms in total. The van der Waals surface area contributed by atoms with E-state index < -0.39 is 11.1 Å². The highest BCUT2D eigenvalue weighted by atomic mass is 16.5. The largest absolute Gasteiger partial charge is 0.758 e. The molecule has 2 N–H and O–H groups in total. The van der Waals surface area contributed by atoms with Gasteiger partial charge in [0.25, 0.3) is 0 Å². The Balaban J connectivity index is 4.81. The van der Waals surface area contributed by atoms with E-state index in [1.807, 2.05) is 0 Å². The highest BCUT2D eigenvalue weighted by Gasteiger charge is 2.32. The molecule has 0 aromatic carbocycles. The Morgan fingerprint density at radius 3 is 2.11 bits per heavy atom. The van der Waals surface area contributed by atoms with Gasteiger partial charge in [-0.05, 0) is 13.8 Å². The van der Waals surface area contributed by atoms with Crippen LogP contribution in [-0.4, -0.2) is 43.7 Å². The number of hydrogen-bond donors (Lipinski definition) is 2. The third kappa shape index (κ3) is 4.50. The molecule has 8 heteroatoms. The van der Waals surface area contributed by atoms with Gasteiger partial charge in [-0.1, -0.05) is 10.3 Å². The van der Waals surface area contributed by atoms with Crippen molar-refractivity contribution in [3.63, 3.8) is 0 Å². The topological polar surface area (TPSA) is 112 Å². The first-order valence-electron chi connectivity index (χ1n) is 5.16. The SMILES string of the molecule is CC(C)(C=NO)N([O-])C=C[N+](=O)C(C)(C)C=NO. The molecule has 0 amide bonds. The van der Waals surface area contributed by atoms with Crippen molar-refractivity contribution in [2.45, 2.75) is 38.8 Å². The first-order chi connectivity index (χ1) is 8.17. The maximum atomic E-state index is 11.6. The molecule has 0 aliphatic rings. The van der Waals surface area contributed by atoms with Crippen molar-refractivity contribution in [1.82, 2.24) is 5.06 Å². The Morgan fingerprint density at radius 1 is 1.17 bits per heavy atom. The number of nitroso groups, excluding NO2 is 1. The van der Waals surface area contributed by atoms with Crippen molar-refractivity contribution in [3.8, 4) is 0 Å². The summed E-state index contributed by atoms with van der Waals surface area (Å²) in [7, 11) is 0. The minimum Gasteiger partial charge on any atom is -0.758 e. The molecule has 102 valence electrons. The van der Waals surface area contributed by atoms with Crippen LogP contribution >= 0.6 is 0 Å². The predicted molar refractivity (Wildman–Crippen MR) is 66.7 cm³/mol. The van der Waals surface area contributed by atoms with Gasteiger partial charge in [-0.25, -0.2) is 0 Å². The van der Waals surface area contributed by atoms with E-state index in [1.165, 1.54) is 27.7 Å². The molecule has 0 saturated carbocycles. The van der Waals surface area contributed by atoms with Crippen molar-refractivity contribution in [2.75, 3.05) is 0 Å². The summed E-state index contributed by atoms with van der Waals surface area (Å²) < 4.78 is 0.462. The average molecular weight is 258 g/mol. The van der Waals surface area contributed by atoms with Crippen LogP contribution in [0.15, 0.2) is 22.7 Å². The van der Waals surface area contributed by atoms with Gasteiger partial charge in [0.1, 0.15) is 6.21 Å². The molecule has 0 atom stereocenters. The third-order valence-electron chi connectivity index (χ3n) is 2.22. The summed E-state index contributed by atoms with van der Waals surface area (Å²) in [5.41, 5.74) is -2.16. The summed E-state index contributed by atoms with van der Waals surface area (Å²) in [6.45, 7) is 6.05. The fourth-order valence-electron chi connectivity index (χ4n) is 0.902. The molecule has 0 aliphatic carbocycles. The molecule has 0 aliphatic heterocycles. The summed E-state index contributed by atoms with van der Waals surface area (Å²) in [5.74, 6) is 0. The van der Waals surface area contributed by atoms with Gasteiger partial charge in [0.15, 0.2) is 0 Å². The molecule has 0 bridgehead atoms. The summed E-state index contributed by atoms with van der Waals surface area (Å²) in [4.78, 5) is 11.6. The second-order valence-electron chi connectivity index (χ2n) is 4.75. The first-order valence-corrected chi connectivity index (χ1v) is 5.16. The predicted octanol–water partition coefficient (Wildman–Crippen LogP) is 1.51. The molecule has 0 heterocycles. The van der Waals surface area contributed by atoms with E-state index in [0.717, 1.165) is 24.8 Å². The van der Waals surface area contributed by atoms with Crippen LogP contribution < -0.4 is 0 Å². The normalized spacial score (nSPS) is 13.8. The van der Waals surface area contributed by atoms with Gasteiger partial charge < -0.3 is 20.7 Å². The van der Waals surface area contributed by atoms with Gasteiger partial charge in [-0.2, -0.15) is 0 Å². The van der Waals surface area contributed by atoms with Crippen LogP contribution in [0.2, 0.25) is 0 Å². The lowest BCUT2D eigenvalue weighted by atomic mass is 10.1. The lowest BCUT2D eigenvalue weighted by molar-refractivity contribution is -0.536. The van der Waals surface area contributed by atoms with Gasteiger partial charge in [-0.15, -0.1) is 0 Å². The van der Waals surface area contributed by atoms with Crippen LogP contribution in [0, 0.1) is 10.1 Å². The second kappa shape index (κ2) is 6.10. The van der Waals surface area contributed by atoms with E-state index in [4.69, 9.17) is 10.4 Å². The zero-order chi connectivity index (χ0) is 14.4.